The third kappa shape index (κ3) is 3.10. The van der Waals surface area contributed by atoms with Crippen LogP contribution in [0.5, 0.6) is 5.75 Å². The van der Waals surface area contributed by atoms with Crippen LogP contribution in [0, 0.1) is 0 Å². The van der Waals surface area contributed by atoms with E-state index in [1.807, 2.05) is 12.1 Å². The van der Waals surface area contributed by atoms with Crippen LogP contribution in [0.15, 0.2) is 84.9 Å². The van der Waals surface area contributed by atoms with E-state index in [0.717, 1.165) is 0 Å². The first-order chi connectivity index (χ1) is 11.7. The lowest BCUT2D eigenvalue weighted by atomic mass is 9.84. The summed E-state index contributed by atoms with van der Waals surface area (Å²) < 4.78 is 0. The van der Waals surface area contributed by atoms with Crippen LogP contribution in [-0.4, -0.2) is 16.7 Å². The van der Waals surface area contributed by atoms with E-state index < -0.39 is 5.92 Å². The first kappa shape index (κ1) is 15.7. The van der Waals surface area contributed by atoms with E-state index in [4.69, 9.17) is 0 Å². The average Bonchev–Trinajstić information content (AvgIpc) is 2.64. The fraction of sp³-hybridized carbons (Fsp3) is 0.0476. The summed E-state index contributed by atoms with van der Waals surface area (Å²) in [6, 6.07) is 23.8. The Morgan fingerprint density at radius 2 is 1.04 bits per heavy atom. The standard InChI is InChI=1S/C21H16O3/c22-18-14-8-7-13-17(18)19(20(23)15-9-3-1-4-10-15)21(24)16-11-5-2-6-12-16/h1-14,19,22H. The van der Waals surface area contributed by atoms with E-state index in [1.54, 1.807) is 66.7 Å². The Hall–Kier alpha value is -3.20. The molecule has 0 radical (unpaired) electrons. The summed E-state index contributed by atoms with van der Waals surface area (Å²) in [7, 11) is 0. The largest absolute Gasteiger partial charge is 0.508 e. The van der Waals surface area contributed by atoms with Gasteiger partial charge in [0.25, 0.3) is 0 Å². The van der Waals surface area contributed by atoms with E-state index >= 15 is 0 Å². The highest BCUT2D eigenvalue weighted by Gasteiger charge is 2.31. The normalized spacial score (nSPS) is 10.5. The monoisotopic (exact) mass is 316 g/mol. The Morgan fingerprint density at radius 1 is 0.625 bits per heavy atom. The SMILES string of the molecule is O=C(c1ccccc1)C(C(=O)c1ccccc1)c1ccccc1O. The Morgan fingerprint density at radius 3 is 1.50 bits per heavy atom. The second-order valence-electron chi connectivity index (χ2n) is 5.45. The molecule has 3 nitrogen and oxygen atoms in total. The lowest BCUT2D eigenvalue weighted by molar-refractivity contribution is 0.0858. The number of rotatable bonds is 5. The summed E-state index contributed by atoms with van der Waals surface area (Å²) in [5, 5.41) is 10.2. The molecule has 0 aromatic heterocycles. The third-order valence-corrected chi connectivity index (χ3v) is 3.89. The molecule has 0 heterocycles. The van der Waals surface area contributed by atoms with E-state index in [2.05, 4.69) is 0 Å². The lowest BCUT2D eigenvalue weighted by Gasteiger charge is -2.17. The van der Waals surface area contributed by atoms with E-state index in [0.29, 0.717) is 16.7 Å². The molecule has 0 amide bonds. The van der Waals surface area contributed by atoms with Crippen molar-refractivity contribution in [2.75, 3.05) is 0 Å². The minimum Gasteiger partial charge on any atom is -0.508 e. The zero-order chi connectivity index (χ0) is 16.9. The van der Waals surface area contributed by atoms with Crippen molar-refractivity contribution in [1.29, 1.82) is 0 Å². The van der Waals surface area contributed by atoms with Crippen molar-refractivity contribution in [2.24, 2.45) is 0 Å². The smallest absolute Gasteiger partial charge is 0.178 e. The van der Waals surface area contributed by atoms with Gasteiger partial charge in [0.1, 0.15) is 11.7 Å². The van der Waals surface area contributed by atoms with Gasteiger partial charge in [0.2, 0.25) is 0 Å². The maximum atomic E-state index is 13.0. The number of aromatic hydroxyl groups is 1. The zero-order valence-corrected chi connectivity index (χ0v) is 12.9. The molecule has 0 fully saturated rings. The van der Waals surface area contributed by atoms with Gasteiger partial charge in [-0.2, -0.15) is 0 Å². The van der Waals surface area contributed by atoms with E-state index in [1.165, 1.54) is 6.07 Å². The molecule has 3 heteroatoms. The highest BCUT2D eigenvalue weighted by Crippen LogP contribution is 2.31. The van der Waals surface area contributed by atoms with Crippen molar-refractivity contribution in [2.45, 2.75) is 5.92 Å². The summed E-state index contributed by atoms with van der Waals surface area (Å²) >= 11 is 0. The van der Waals surface area contributed by atoms with Crippen molar-refractivity contribution in [3.8, 4) is 5.75 Å². The highest BCUT2D eigenvalue weighted by atomic mass is 16.3. The average molecular weight is 316 g/mol. The number of benzene rings is 3. The third-order valence-electron chi connectivity index (χ3n) is 3.89. The molecule has 0 atom stereocenters. The Kier molecular flexibility index (Phi) is 4.52. The summed E-state index contributed by atoms with van der Waals surface area (Å²) in [5.41, 5.74) is 1.20. The Labute approximate surface area is 140 Å². The lowest BCUT2D eigenvalue weighted by Crippen LogP contribution is -2.22. The molecule has 3 aromatic rings. The van der Waals surface area contributed by atoms with Crippen molar-refractivity contribution in [3.63, 3.8) is 0 Å². The van der Waals surface area contributed by atoms with Gasteiger partial charge in [0.15, 0.2) is 11.6 Å². The highest BCUT2D eigenvalue weighted by molar-refractivity contribution is 6.20. The van der Waals surface area contributed by atoms with Gasteiger partial charge in [-0.15, -0.1) is 0 Å². The molecular formula is C21H16O3. The fourth-order valence-electron chi connectivity index (χ4n) is 2.67. The minimum absolute atomic E-state index is 0.0592. The molecule has 3 aromatic carbocycles. The number of para-hydroxylation sites is 1. The Balaban J connectivity index is 2.10. The van der Waals surface area contributed by atoms with Crippen molar-refractivity contribution < 1.29 is 14.7 Å². The van der Waals surface area contributed by atoms with Gasteiger partial charge < -0.3 is 5.11 Å². The number of ketones is 2. The molecular weight excluding hydrogens is 300 g/mol. The van der Waals surface area contributed by atoms with Gasteiger partial charge in [-0.25, -0.2) is 0 Å². The summed E-state index contributed by atoms with van der Waals surface area (Å²) in [4.78, 5) is 26.0. The minimum atomic E-state index is -1.07. The van der Waals surface area contributed by atoms with Gasteiger partial charge in [-0.05, 0) is 6.07 Å². The molecule has 0 saturated carbocycles. The summed E-state index contributed by atoms with van der Waals surface area (Å²) in [6.45, 7) is 0. The maximum Gasteiger partial charge on any atom is 0.178 e. The van der Waals surface area contributed by atoms with Crippen molar-refractivity contribution in [1.82, 2.24) is 0 Å². The second kappa shape index (κ2) is 6.92. The van der Waals surface area contributed by atoms with Gasteiger partial charge in [-0.3, -0.25) is 9.59 Å². The molecule has 0 aliphatic carbocycles. The molecule has 0 saturated heterocycles. The topological polar surface area (TPSA) is 54.4 Å². The van der Waals surface area contributed by atoms with Gasteiger partial charge in [0.05, 0.1) is 0 Å². The predicted octanol–water partition coefficient (Wildman–Crippen LogP) is 4.24. The molecule has 24 heavy (non-hydrogen) atoms. The second-order valence-corrected chi connectivity index (χ2v) is 5.45. The molecule has 3 rings (SSSR count). The van der Waals surface area contributed by atoms with Crippen molar-refractivity contribution in [3.05, 3.63) is 102 Å². The number of hydrogen-bond donors (Lipinski definition) is 1. The molecule has 0 unspecified atom stereocenters. The molecule has 118 valence electrons. The van der Waals surface area contributed by atoms with Crippen LogP contribution in [0.25, 0.3) is 0 Å². The maximum absolute atomic E-state index is 13.0. The zero-order valence-electron chi connectivity index (χ0n) is 12.9. The summed E-state index contributed by atoms with van der Waals surface area (Å²) in [6.07, 6.45) is 0. The van der Waals surface area contributed by atoms with Crippen LogP contribution in [0.1, 0.15) is 32.2 Å². The number of Topliss-reactive ketones (excluding diaryl/α,β-unsaturated/α-hetero) is 2. The quantitative estimate of drug-likeness (QED) is 0.566. The number of phenols is 1. The van der Waals surface area contributed by atoms with Gasteiger partial charge >= 0.3 is 0 Å². The van der Waals surface area contributed by atoms with Crippen LogP contribution in [0.3, 0.4) is 0 Å². The fourth-order valence-corrected chi connectivity index (χ4v) is 2.67. The van der Waals surface area contributed by atoms with Gasteiger partial charge in [-0.1, -0.05) is 78.9 Å². The summed E-state index contributed by atoms with van der Waals surface area (Å²) in [5.74, 6) is -1.79. The molecule has 0 aliphatic heterocycles. The van der Waals surface area contributed by atoms with Crippen LogP contribution < -0.4 is 0 Å². The number of carbonyl (C=O) groups excluding carboxylic acids is 2. The molecule has 0 spiro atoms. The van der Waals surface area contributed by atoms with Crippen molar-refractivity contribution >= 4 is 11.6 Å². The first-order valence-corrected chi connectivity index (χ1v) is 7.65. The molecule has 1 N–H and O–H groups in total. The van der Waals surface area contributed by atoms with Gasteiger partial charge in [0, 0.05) is 16.7 Å². The predicted molar refractivity (Wildman–Crippen MR) is 92.4 cm³/mol. The molecule has 0 aliphatic rings. The van der Waals surface area contributed by atoms with Crippen LogP contribution in [0.4, 0.5) is 0 Å². The van der Waals surface area contributed by atoms with E-state index in [-0.39, 0.29) is 17.3 Å². The number of phenolic OH excluding ortho intramolecular Hbond substituents is 1. The van der Waals surface area contributed by atoms with E-state index in [9.17, 15) is 14.7 Å². The first-order valence-electron chi connectivity index (χ1n) is 7.65. The van der Waals surface area contributed by atoms with Crippen LogP contribution >= 0.6 is 0 Å². The molecule has 0 bridgehead atoms. The van der Waals surface area contributed by atoms with Crippen LogP contribution in [0.2, 0.25) is 0 Å². The Bertz CT molecular complexity index is 803. The number of carbonyl (C=O) groups is 2. The van der Waals surface area contributed by atoms with Crippen LogP contribution in [-0.2, 0) is 0 Å². The number of hydrogen-bond acceptors (Lipinski definition) is 3.